The topological polar surface area (TPSA) is 113 Å². The van der Waals surface area contributed by atoms with Crippen LogP contribution in [0.25, 0.3) is 0 Å². The number of thiophene rings is 1. The summed E-state index contributed by atoms with van der Waals surface area (Å²) < 4.78 is 26.0. The molecule has 0 spiro atoms. The van der Waals surface area contributed by atoms with Gasteiger partial charge in [-0.15, -0.1) is 11.3 Å². The molecular weight excluding hydrogens is 316 g/mol. The van der Waals surface area contributed by atoms with Crippen LogP contribution in [0.1, 0.15) is 29.9 Å². The molecule has 1 aromatic rings. The molecule has 0 saturated heterocycles. The van der Waals surface area contributed by atoms with Crippen molar-refractivity contribution < 1.29 is 23.1 Å². The van der Waals surface area contributed by atoms with Gasteiger partial charge in [0.2, 0.25) is 15.9 Å². The van der Waals surface area contributed by atoms with Crippen molar-refractivity contribution in [2.24, 2.45) is 5.92 Å². The number of hydrogen-bond acceptors (Lipinski definition) is 5. The van der Waals surface area contributed by atoms with Crippen LogP contribution in [0.2, 0.25) is 0 Å². The van der Waals surface area contributed by atoms with Gasteiger partial charge in [0.1, 0.15) is 9.09 Å². The average Bonchev–Trinajstić information content (AvgIpc) is 2.86. The molecule has 0 radical (unpaired) electrons. The van der Waals surface area contributed by atoms with Crippen molar-refractivity contribution in [1.29, 1.82) is 0 Å². The second kappa shape index (κ2) is 7.53. The molecule has 1 amide bonds. The zero-order chi connectivity index (χ0) is 16.0. The molecule has 7 nitrogen and oxygen atoms in total. The van der Waals surface area contributed by atoms with E-state index in [1.54, 1.807) is 0 Å². The molecule has 0 aliphatic heterocycles. The Labute approximate surface area is 127 Å². The zero-order valence-corrected chi connectivity index (χ0v) is 13.4. The van der Waals surface area contributed by atoms with Crippen molar-refractivity contribution in [2.45, 2.75) is 24.5 Å². The Hall–Kier alpha value is -1.45. The number of carboxylic acids is 1. The first-order chi connectivity index (χ1) is 9.72. The fourth-order valence-electron chi connectivity index (χ4n) is 1.36. The van der Waals surface area contributed by atoms with Gasteiger partial charge in [-0.2, -0.15) is 0 Å². The summed E-state index contributed by atoms with van der Waals surface area (Å²) in [6.45, 7) is 4.42. The van der Waals surface area contributed by atoms with Gasteiger partial charge in [0.15, 0.2) is 0 Å². The maximum Gasteiger partial charge on any atom is 0.345 e. The minimum absolute atomic E-state index is 0.0309. The molecule has 3 N–H and O–H groups in total. The van der Waals surface area contributed by atoms with Crippen LogP contribution in [0.15, 0.2) is 16.3 Å². The summed E-state index contributed by atoms with van der Waals surface area (Å²) in [6.07, 6.45) is 0.0309. The highest BCUT2D eigenvalue weighted by Gasteiger charge is 2.18. The molecule has 1 aromatic heterocycles. The van der Waals surface area contributed by atoms with E-state index in [4.69, 9.17) is 5.11 Å². The van der Waals surface area contributed by atoms with E-state index in [-0.39, 0.29) is 28.0 Å². The maximum atomic E-state index is 11.9. The summed E-state index contributed by atoms with van der Waals surface area (Å²) in [5, 5.41) is 11.4. The largest absolute Gasteiger partial charge is 0.477 e. The summed E-state index contributed by atoms with van der Waals surface area (Å²) in [7, 11) is -3.77. The maximum absolute atomic E-state index is 11.9. The van der Waals surface area contributed by atoms with E-state index in [0.717, 1.165) is 0 Å². The molecule has 0 saturated carbocycles. The fourth-order valence-corrected chi connectivity index (χ4v) is 3.58. The zero-order valence-electron chi connectivity index (χ0n) is 11.8. The van der Waals surface area contributed by atoms with Gasteiger partial charge in [0.05, 0.1) is 0 Å². The summed E-state index contributed by atoms with van der Waals surface area (Å²) in [4.78, 5) is 22.1. The van der Waals surface area contributed by atoms with E-state index in [9.17, 15) is 18.0 Å². The Morgan fingerprint density at radius 1 is 1.33 bits per heavy atom. The van der Waals surface area contributed by atoms with Crippen LogP contribution in [0, 0.1) is 5.92 Å². The number of nitrogens with one attached hydrogen (secondary N) is 2. The van der Waals surface area contributed by atoms with Gasteiger partial charge < -0.3 is 10.4 Å². The van der Waals surface area contributed by atoms with Gasteiger partial charge in [0, 0.05) is 19.5 Å². The Morgan fingerprint density at radius 2 is 2.00 bits per heavy atom. The lowest BCUT2D eigenvalue weighted by molar-refractivity contribution is -0.121. The highest BCUT2D eigenvalue weighted by Crippen LogP contribution is 2.21. The Kier molecular flexibility index (Phi) is 6.31. The molecule has 0 atom stereocenters. The Balaban J connectivity index is 2.49. The normalized spacial score (nSPS) is 11.6. The summed E-state index contributed by atoms with van der Waals surface area (Å²) >= 11 is 0.670. The third kappa shape index (κ3) is 5.82. The van der Waals surface area contributed by atoms with Crippen molar-refractivity contribution in [3.8, 4) is 0 Å². The van der Waals surface area contributed by atoms with Gasteiger partial charge in [-0.25, -0.2) is 17.9 Å². The molecule has 0 aliphatic carbocycles. The van der Waals surface area contributed by atoms with E-state index < -0.39 is 16.0 Å². The second-order valence-electron chi connectivity index (χ2n) is 4.77. The van der Waals surface area contributed by atoms with Crippen LogP contribution in [0.4, 0.5) is 0 Å². The predicted octanol–water partition coefficient (Wildman–Crippen LogP) is 0.887. The number of carboxylic acid groups (broad SMARTS) is 1. The number of carbonyl (C=O) groups is 2. The minimum Gasteiger partial charge on any atom is -0.477 e. The van der Waals surface area contributed by atoms with E-state index in [1.165, 1.54) is 12.1 Å². The lowest BCUT2D eigenvalue weighted by atomic mass is 10.2. The Morgan fingerprint density at radius 3 is 2.52 bits per heavy atom. The predicted molar refractivity (Wildman–Crippen MR) is 78.9 cm³/mol. The quantitative estimate of drug-likeness (QED) is 0.653. The standard InChI is InChI=1S/C12H18N2O5S2/c1-8(2)7-13-10(15)5-6-14-21(18,19)11-4-3-9(20-11)12(16)17/h3-4,8,14H,5-7H2,1-2H3,(H,13,15)(H,16,17). The highest BCUT2D eigenvalue weighted by molar-refractivity contribution is 7.91. The highest BCUT2D eigenvalue weighted by atomic mass is 32.2. The van der Waals surface area contributed by atoms with E-state index in [0.29, 0.717) is 23.8 Å². The lowest BCUT2D eigenvalue weighted by Gasteiger charge is -2.08. The van der Waals surface area contributed by atoms with Crippen molar-refractivity contribution in [2.75, 3.05) is 13.1 Å². The van der Waals surface area contributed by atoms with E-state index in [1.807, 2.05) is 13.8 Å². The van der Waals surface area contributed by atoms with Crippen molar-refractivity contribution in [1.82, 2.24) is 10.0 Å². The molecule has 0 bridgehead atoms. The summed E-state index contributed by atoms with van der Waals surface area (Å²) in [6, 6.07) is 2.46. The fraction of sp³-hybridized carbons (Fsp3) is 0.500. The van der Waals surface area contributed by atoms with Crippen LogP contribution in [0.3, 0.4) is 0 Å². The molecule has 9 heteroatoms. The van der Waals surface area contributed by atoms with Gasteiger partial charge in [0.25, 0.3) is 0 Å². The van der Waals surface area contributed by atoms with Gasteiger partial charge in [-0.3, -0.25) is 4.79 Å². The van der Waals surface area contributed by atoms with Crippen LogP contribution < -0.4 is 10.0 Å². The van der Waals surface area contributed by atoms with Crippen LogP contribution >= 0.6 is 11.3 Å². The number of amides is 1. The number of aromatic carboxylic acids is 1. The van der Waals surface area contributed by atoms with Crippen molar-refractivity contribution in [3.63, 3.8) is 0 Å². The third-order valence-electron chi connectivity index (χ3n) is 2.41. The molecule has 0 aromatic carbocycles. The molecule has 0 fully saturated rings. The SMILES string of the molecule is CC(C)CNC(=O)CCNS(=O)(=O)c1ccc(C(=O)O)s1. The minimum atomic E-state index is -3.77. The smallest absolute Gasteiger partial charge is 0.345 e. The lowest BCUT2D eigenvalue weighted by Crippen LogP contribution is -2.32. The van der Waals surface area contributed by atoms with Gasteiger partial charge >= 0.3 is 5.97 Å². The third-order valence-corrected chi connectivity index (χ3v) is 5.43. The Bertz CT molecular complexity index is 607. The first-order valence-corrected chi connectivity index (χ1v) is 8.62. The van der Waals surface area contributed by atoms with Crippen LogP contribution in [-0.2, 0) is 14.8 Å². The van der Waals surface area contributed by atoms with E-state index >= 15 is 0 Å². The second-order valence-corrected chi connectivity index (χ2v) is 7.85. The average molecular weight is 334 g/mol. The van der Waals surface area contributed by atoms with E-state index in [2.05, 4.69) is 10.0 Å². The molecule has 1 rings (SSSR count). The first-order valence-electron chi connectivity index (χ1n) is 6.32. The molecular formula is C12H18N2O5S2. The number of hydrogen-bond donors (Lipinski definition) is 3. The number of carbonyl (C=O) groups excluding carboxylic acids is 1. The molecule has 0 unspecified atom stereocenters. The van der Waals surface area contributed by atoms with Crippen LogP contribution in [0.5, 0.6) is 0 Å². The summed E-state index contributed by atoms with van der Waals surface area (Å²) in [5.41, 5.74) is 0. The number of rotatable bonds is 8. The molecule has 1 heterocycles. The van der Waals surface area contributed by atoms with Gasteiger partial charge in [-0.05, 0) is 18.1 Å². The molecule has 21 heavy (non-hydrogen) atoms. The molecule has 0 aliphatic rings. The van der Waals surface area contributed by atoms with Crippen molar-refractivity contribution in [3.05, 3.63) is 17.0 Å². The first kappa shape index (κ1) is 17.6. The monoisotopic (exact) mass is 334 g/mol. The number of sulfonamides is 1. The van der Waals surface area contributed by atoms with Crippen molar-refractivity contribution >= 4 is 33.2 Å². The van der Waals surface area contributed by atoms with Gasteiger partial charge in [-0.1, -0.05) is 13.8 Å². The summed E-state index contributed by atoms with van der Waals surface area (Å²) in [5.74, 6) is -1.08. The molecule has 118 valence electrons. The van der Waals surface area contributed by atoms with Crippen LogP contribution in [-0.4, -0.2) is 38.5 Å².